The number of benzene rings is 1. The first-order chi connectivity index (χ1) is 10.3. The van der Waals surface area contributed by atoms with Crippen molar-refractivity contribution >= 4 is 28.0 Å². The summed E-state index contributed by atoms with van der Waals surface area (Å²) in [6.45, 7) is 3.84. The van der Waals surface area contributed by atoms with Crippen molar-refractivity contribution in [3.05, 3.63) is 58.7 Å². The Hall–Kier alpha value is -1.88. The number of nitrogens with zero attached hydrogens (tertiary/aromatic N) is 3. The van der Waals surface area contributed by atoms with E-state index in [4.69, 9.17) is 0 Å². The molecule has 3 rings (SSSR count). The van der Waals surface area contributed by atoms with Gasteiger partial charge in [0.05, 0.1) is 25.5 Å². The van der Waals surface area contributed by atoms with Crippen molar-refractivity contribution in [1.29, 1.82) is 0 Å². The van der Waals surface area contributed by atoms with Gasteiger partial charge in [-0.15, -0.1) is 0 Å². The number of anilines is 1. The minimum Gasteiger partial charge on any atom is -0.289 e. The quantitative estimate of drug-likeness (QED) is 0.800. The molecule has 1 aliphatic heterocycles. The van der Waals surface area contributed by atoms with Gasteiger partial charge in [0.25, 0.3) is 5.82 Å². The number of halogens is 1. The standard InChI is InChI=1S/C16H17BrN4/c17-15-5-3-4-14(12-15)13-19-21-10-8-20(9-11-21)16-6-1-2-7-18-16/h1-7,12-13H,8-11H2/p+1/b19-13-. The Morgan fingerprint density at radius 1 is 1.05 bits per heavy atom. The maximum absolute atomic E-state index is 4.57. The lowest BCUT2D eigenvalue weighted by Crippen LogP contribution is -2.45. The lowest BCUT2D eigenvalue weighted by molar-refractivity contribution is -0.364. The van der Waals surface area contributed by atoms with Gasteiger partial charge in [0.1, 0.15) is 13.1 Å². The summed E-state index contributed by atoms with van der Waals surface area (Å²) in [6, 6.07) is 14.3. The van der Waals surface area contributed by atoms with E-state index in [1.165, 1.54) is 5.82 Å². The van der Waals surface area contributed by atoms with E-state index in [1.54, 1.807) is 0 Å². The maximum Gasteiger partial charge on any atom is 0.274 e. The molecule has 1 fully saturated rings. The normalized spacial score (nSPS) is 15.7. The molecule has 0 aliphatic carbocycles. The maximum atomic E-state index is 4.57. The summed E-state index contributed by atoms with van der Waals surface area (Å²) in [7, 11) is 0. The zero-order valence-corrected chi connectivity index (χ0v) is 13.3. The summed E-state index contributed by atoms with van der Waals surface area (Å²) in [6.07, 6.45) is 3.89. The number of hydrogen-bond acceptors (Lipinski definition) is 3. The van der Waals surface area contributed by atoms with Gasteiger partial charge >= 0.3 is 0 Å². The third-order valence-electron chi connectivity index (χ3n) is 3.51. The molecule has 0 amide bonds. The summed E-state index contributed by atoms with van der Waals surface area (Å²) < 4.78 is 1.08. The summed E-state index contributed by atoms with van der Waals surface area (Å²) in [5.41, 5.74) is 1.11. The highest BCUT2D eigenvalue weighted by Crippen LogP contribution is 2.12. The molecule has 1 saturated heterocycles. The topological polar surface area (TPSA) is 33.0 Å². The Kier molecular flexibility index (Phi) is 4.50. The fourth-order valence-corrected chi connectivity index (χ4v) is 2.78. The van der Waals surface area contributed by atoms with E-state index in [0.29, 0.717) is 0 Å². The third kappa shape index (κ3) is 3.82. The molecule has 2 aromatic rings. The smallest absolute Gasteiger partial charge is 0.274 e. The molecule has 0 atom stereocenters. The lowest BCUT2D eigenvalue weighted by atomic mass is 10.2. The first-order valence-corrected chi connectivity index (χ1v) is 7.87. The van der Waals surface area contributed by atoms with Crippen LogP contribution < -0.4 is 9.88 Å². The fourth-order valence-electron chi connectivity index (χ4n) is 2.37. The molecule has 4 nitrogen and oxygen atoms in total. The van der Waals surface area contributed by atoms with Gasteiger partial charge in [0.15, 0.2) is 0 Å². The minimum atomic E-state index is 0.938. The van der Waals surface area contributed by atoms with Gasteiger partial charge < -0.3 is 0 Å². The number of aromatic amines is 1. The van der Waals surface area contributed by atoms with Gasteiger partial charge in [0, 0.05) is 10.5 Å². The van der Waals surface area contributed by atoms with Crippen LogP contribution in [-0.2, 0) is 0 Å². The average molecular weight is 346 g/mol. The van der Waals surface area contributed by atoms with Gasteiger partial charge in [-0.25, -0.2) is 4.98 Å². The van der Waals surface area contributed by atoms with E-state index in [1.807, 2.05) is 30.6 Å². The minimum absolute atomic E-state index is 0.938. The van der Waals surface area contributed by atoms with Gasteiger partial charge in [-0.2, -0.15) is 5.10 Å². The molecular formula is C16H18BrN4+. The number of pyridine rings is 1. The molecule has 1 aliphatic rings. The Morgan fingerprint density at radius 3 is 2.62 bits per heavy atom. The first-order valence-electron chi connectivity index (χ1n) is 7.07. The molecule has 1 N–H and O–H groups in total. The SMILES string of the molecule is Brc1cccc(/C=N\N2CCN(c3cccc[nH+]3)CC2)c1. The van der Waals surface area contributed by atoms with Gasteiger partial charge in [-0.05, 0) is 23.8 Å². The van der Waals surface area contributed by atoms with Crippen molar-refractivity contribution < 1.29 is 4.98 Å². The Morgan fingerprint density at radius 2 is 1.90 bits per heavy atom. The predicted molar refractivity (Wildman–Crippen MR) is 88.5 cm³/mol. The largest absolute Gasteiger partial charge is 0.289 e. The molecular weight excluding hydrogens is 328 g/mol. The molecule has 21 heavy (non-hydrogen) atoms. The fraction of sp³-hybridized carbons (Fsp3) is 0.250. The zero-order valence-electron chi connectivity index (χ0n) is 11.7. The molecule has 0 spiro atoms. The summed E-state index contributed by atoms with van der Waals surface area (Å²) in [5.74, 6) is 1.17. The number of H-pyrrole nitrogens is 1. The monoisotopic (exact) mass is 345 g/mol. The second-order valence-corrected chi connectivity index (χ2v) is 5.90. The highest BCUT2D eigenvalue weighted by molar-refractivity contribution is 9.10. The third-order valence-corrected chi connectivity index (χ3v) is 4.00. The van der Waals surface area contributed by atoms with Crippen molar-refractivity contribution in [2.24, 2.45) is 5.10 Å². The summed E-state index contributed by atoms with van der Waals surface area (Å²) >= 11 is 3.48. The number of aromatic nitrogens is 1. The van der Waals surface area contributed by atoms with Crippen LogP contribution in [0.4, 0.5) is 5.82 Å². The van der Waals surface area contributed by atoms with Crippen LogP contribution in [0.3, 0.4) is 0 Å². The Labute approximate surface area is 133 Å². The van der Waals surface area contributed by atoms with E-state index in [9.17, 15) is 0 Å². The molecule has 0 bridgehead atoms. The van der Waals surface area contributed by atoms with Crippen LogP contribution in [0.25, 0.3) is 0 Å². The van der Waals surface area contributed by atoms with E-state index in [2.05, 4.69) is 60.2 Å². The van der Waals surface area contributed by atoms with Crippen molar-refractivity contribution in [2.45, 2.75) is 0 Å². The molecule has 1 aromatic carbocycles. The molecule has 2 heterocycles. The summed E-state index contributed by atoms with van der Waals surface area (Å²) in [4.78, 5) is 5.63. The van der Waals surface area contributed by atoms with E-state index in [-0.39, 0.29) is 0 Å². The number of nitrogens with one attached hydrogen (secondary N) is 1. The second kappa shape index (κ2) is 6.72. The average Bonchev–Trinajstić information content (AvgIpc) is 2.54. The van der Waals surface area contributed by atoms with Crippen LogP contribution >= 0.6 is 15.9 Å². The van der Waals surface area contributed by atoms with Crippen LogP contribution in [0, 0.1) is 0 Å². The lowest BCUT2D eigenvalue weighted by Gasteiger charge is -2.28. The second-order valence-electron chi connectivity index (χ2n) is 4.99. The molecule has 108 valence electrons. The number of piperazine rings is 1. The van der Waals surface area contributed by atoms with E-state index >= 15 is 0 Å². The van der Waals surface area contributed by atoms with Crippen LogP contribution in [-0.4, -0.2) is 37.4 Å². The van der Waals surface area contributed by atoms with Crippen molar-refractivity contribution in [2.75, 3.05) is 31.1 Å². The predicted octanol–water partition coefficient (Wildman–Crippen LogP) is 2.42. The van der Waals surface area contributed by atoms with Crippen molar-refractivity contribution in [3.8, 4) is 0 Å². The van der Waals surface area contributed by atoms with Gasteiger partial charge in [-0.3, -0.25) is 9.91 Å². The molecule has 1 aromatic heterocycles. The van der Waals surface area contributed by atoms with Crippen LogP contribution in [0.1, 0.15) is 5.56 Å². The highest BCUT2D eigenvalue weighted by Gasteiger charge is 2.21. The van der Waals surface area contributed by atoms with Gasteiger partial charge in [-0.1, -0.05) is 34.1 Å². The first kappa shape index (κ1) is 14.1. The van der Waals surface area contributed by atoms with Gasteiger partial charge in [0.2, 0.25) is 0 Å². The van der Waals surface area contributed by atoms with Crippen LogP contribution in [0.15, 0.2) is 58.2 Å². The molecule has 5 heteroatoms. The summed E-state index contributed by atoms with van der Waals surface area (Å²) in [5, 5.41) is 6.70. The molecule has 0 saturated carbocycles. The van der Waals surface area contributed by atoms with E-state index in [0.717, 1.165) is 36.2 Å². The number of hydrogen-bond donors (Lipinski definition) is 0. The van der Waals surface area contributed by atoms with Crippen LogP contribution in [0.2, 0.25) is 0 Å². The highest BCUT2D eigenvalue weighted by atomic mass is 79.9. The van der Waals surface area contributed by atoms with Crippen molar-refractivity contribution in [1.82, 2.24) is 5.01 Å². The zero-order chi connectivity index (χ0) is 14.5. The number of rotatable bonds is 3. The Bertz CT molecular complexity index is 607. The van der Waals surface area contributed by atoms with E-state index < -0.39 is 0 Å². The van der Waals surface area contributed by atoms with Crippen molar-refractivity contribution in [3.63, 3.8) is 0 Å². The molecule has 0 unspecified atom stereocenters. The number of hydrazone groups is 1. The van der Waals surface area contributed by atoms with Crippen LogP contribution in [0.5, 0.6) is 0 Å². The Balaban J connectivity index is 1.56. The molecule has 0 radical (unpaired) electrons.